The first-order chi connectivity index (χ1) is 8.61. The quantitative estimate of drug-likeness (QED) is 0.885. The lowest BCUT2D eigenvalue weighted by molar-refractivity contribution is 0.215. The lowest BCUT2D eigenvalue weighted by Gasteiger charge is -2.28. The van der Waals surface area contributed by atoms with E-state index in [-0.39, 0.29) is 0 Å². The summed E-state index contributed by atoms with van der Waals surface area (Å²) in [7, 11) is 2.22. The lowest BCUT2D eigenvalue weighted by Crippen LogP contribution is -2.33. The van der Waals surface area contributed by atoms with Crippen molar-refractivity contribution in [3.63, 3.8) is 0 Å². The van der Waals surface area contributed by atoms with Gasteiger partial charge in [0, 0.05) is 27.3 Å². The average Bonchev–Trinajstić information content (AvgIpc) is 2.92. The van der Waals surface area contributed by atoms with E-state index < -0.39 is 0 Å². The summed E-state index contributed by atoms with van der Waals surface area (Å²) in [6, 6.07) is 2.61. The minimum atomic E-state index is 0.376. The van der Waals surface area contributed by atoms with E-state index in [0.29, 0.717) is 12.6 Å². The Labute approximate surface area is 123 Å². The fraction of sp³-hybridized carbons (Fsp3) is 0.714. The van der Waals surface area contributed by atoms with Crippen molar-refractivity contribution < 1.29 is 0 Å². The Hall–Kier alpha value is 0.100. The van der Waals surface area contributed by atoms with Gasteiger partial charge in [0.2, 0.25) is 0 Å². The molecule has 2 rings (SSSR count). The third-order valence-electron chi connectivity index (χ3n) is 3.98. The van der Waals surface area contributed by atoms with Crippen LogP contribution in [-0.2, 0) is 0 Å². The maximum atomic E-state index is 5.99. The van der Waals surface area contributed by atoms with Crippen LogP contribution in [0.4, 0.5) is 0 Å². The van der Waals surface area contributed by atoms with Crippen LogP contribution < -0.4 is 5.73 Å². The number of aryl methyl sites for hydroxylation is 1. The number of hydrogen-bond acceptors (Lipinski definition) is 3. The van der Waals surface area contributed by atoms with Gasteiger partial charge < -0.3 is 5.73 Å². The molecule has 1 saturated carbocycles. The maximum absolute atomic E-state index is 5.99. The van der Waals surface area contributed by atoms with Crippen molar-refractivity contribution >= 4 is 27.3 Å². The molecule has 4 heteroatoms. The predicted octanol–water partition coefficient (Wildman–Crippen LogP) is 3.94. The molecule has 1 atom stereocenters. The van der Waals surface area contributed by atoms with Gasteiger partial charge in [-0.3, -0.25) is 4.90 Å². The Morgan fingerprint density at radius 1 is 1.50 bits per heavy atom. The van der Waals surface area contributed by atoms with Gasteiger partial charge >= 0.3 is 0 Å². The molecule has 102 valence electrons. The summed E-state index contributed by atoms with van der Waals surface area (Å²) in [6.45, 7) is 4.05. The summed E-state index contributed by atoms with van der Waals surface area (Å²) < 4.78 is 1.22. The molecule has 0 amide bonds. The molecule has 1 aliphatic carbocycles. The fourth-order valence-electron chi connectivity index (χ4n) is 2.89. The molecule has 0 aliphatic heterocycles. The van der Waals surface area contributed by atoms with Gasteiger partial charge in [-0.1, -0.05) is 12.8 Å². The van der Waals surface area contributed by atoms with Crippen LogP contribution in [0.15, 0.2) is 10.5 Å². The first-order valence-electron chi connectivity index (χ1n) is 6.78. The summed E-state index contributed by atoms with van der Waals surface area (Å²) in [5.41, 5.74) is 5.99. The van der Waals surface area contributed by atoms with Gasteiger partial charge in [-0.2, -0.15) is 0 Å². The van der Waals surface area contributed by atoms with Crippen LogP contribution in [0.2, 0.25) is 0 Å². The molecule has 1 aliphatic rings. The molecule has 0 radical (unpaired) electrons. The lowest BCUT2D eigenvalue weighted by atomic mass is 10.1. The van der Waals surface area contributed by atoms with Crippen molar-refractivity contribution in [1.82, 2.24) is 4.90 Å². The Morgan fingerprint density at radius 3 is 2.67 bits per heavy atom. The Balaban J connectivity index is 2.02. The number of thiophene rings is 1. The zero-order valence-electron chi connectivity index (χ0n) is 11.3. The summed E-state index contributed by atoms with van der Waals surface area (Å²) in [4.78, 5) is 5.19. The van der Waals surface area contributed by atoms with Gasteiger partial charge in [0.15, 0.2) is 0 Å². The summed E-state index contributed by atoms with van der Waals surface area (Å²) in [5.74, 6) is 0.883. The zero-order valence-corrected chi connectivity index (χ0v) is 13.7. The van der Waals surface area contributed by atoms with E-state index in [9.17, 15) is 0 Å². The van der Waals surface area contributed by atoms with Crippen LogP contribution in [-0.4, -0.2) is 25.0 Å². The highest BCUT2D eigenvalue weighted by Crippen LogP contribution is 2.34. The van der Waals surface area contributed by atoms with Crippen LogP contribution in [0.3, 0.4) is 0 Å². The van der Waals surface area contributed by atoms with Gasteiger partial charge in [0.1, 0.15) is 0 Å². The van der Waals surface area contributed by atoms with E-state index in [1.54, 1.807) is 0 Å². The van der Waals surface area contributed by atoms with Gasteiger partial charge in [-0.25, -0.2) is 0 Å². The minimum Gasteiger partial charge on any atom is -0.329 e. The standard InChI is InChI=1S/C14H23BrN2S/c1-10-12(15)7-14(18-10)13(8-16)17(2)9-11-5-3-4-6-11/h7,11,13H,3-6,8-9,16H2,1-2H3. The van der Waals surface area contributed by atoms with E-state index in [1.807, 2.05) is 11.3 Å². The number of hydrogen-bond donors (Lipinski definition) is 1. The van der Waals surface area contributed by atoms with Crippen molar-refractivity contribution in [3.05, 3.63) is 20.3 Å². The second kappa shape index (κ2) is 6.51. The Morgan fingerprint density at radius 2 is 2.17 bits per heavy atom. The third-order valence-corrected chi connectivity index (χ3v) is 6.22. The van der Waals surface area contributed by atoms with Crippen LogP contribution in [0.1, 0.15) is 41.5 Å². The predicted molar refractivity (Wildman–Crippen MR) is 83.1 cm³/mol. The fourth-order valence-corrected chi connectivity index (χ4v) is 4.63. The van der Waals surface area contributed by atoms with Crippen LogP contribution in [0.5, 0.6) is 0 Å². The van der Waals surface area contributed by atoms with Gasteiger partial charge in [-0.05, 0) is 54.7 Å². The van der Waals surface area contributed by atoms with Crippen molar-refractivity contribution in [1.29, 1.82) is 0 Å². The smallest absolute Gasteiger partial charge is 0.0562 e. The molecule has 0 saturated heterocycles. The molecule has 18 heavy (non-hydrogen) atoms. The second-order valence-electron chi connectivity index (χ2n) is 5.39. The molecule has 0 bridgehead atoms. The highest BCUT2D eigenvalue weighted by molar-refractivity contribution is 9.10. The van der Waals surface area contributed by atoms with E-state index in [4.69, 9.17) is 5.73 Å². The van der Waals surface area contributed by atoms with E-state index in [2.05, 4.69) is 40.9 Å². The second-order valence-corrected chi connectivity index (χ2v) is 7.54. The normalized spacial score (nSPS) is 18.7. The molecule has 0 spiro atoms. The highest BCUT2D eigenvalue weighted by atomic mass is 79.9. The molecule has 1 aromatic rings. The summed E-state index contributed by atoms with van der Waals surface area (Å²) in [6.07, 6.45) is 5.62. The number of rotatable bonds is 5. The summed E-state index contributed by atoms with van der Waals surface area (Å²) >= 11 is 5.47. The number of nitrogens with two attached hydrogens (primary N) is 1. The third kappa shape index (κ3) is 3.35. The monoisotopic (exact) mass is 330 g/mol. The first kappa shape index (κ1) is 14.5. The molecule has 2 nitrogen and oxygen atoms in total. The van der Waals surface area contributed by atoms with E-state index in [1.165, 1.54) is 46.5 Å². The topological polar surface area (TPSA) is 29.3 Å². The van der Waals surface area contributed by atoms with Crippen LogP contribution >= 0.6 is 27.3 Å². The zero-order chi connectivity index (χ0) is 13.1. The van der Waals surface area contributed by atoms with Crippen molar-refractivity contribution in [3.8, 4) is 0 Å². The number of halogens is 1. The Kier molecular flexibility index (Phi) is 5.24. The molecule has 1 fully saturated rings. The van der Waals surface area contributed by atoms with Gasteiger partial charge in [0.25, 0.3) is 0 Å². The molecule has 1 unspecified atom stereocenters. The molecule has 1 heterocycles. The molecule has 2 N–H and O–H groups in total. The van der Waals surface area contributed by atoms with Gasteiger partial charge in [0.05, 0.1) is 6.04 Å². The molecular formula is C14H23BrN2S. The largest absolute Gasteiger partial charge is 0.329 e. The number of likely N-dealkylation sites (N-methyl/N-ethyl adjacent to an activating group) is 1. The van der Waals surface area contributed by atoms with Crippen molar-refractivity contribution in [2.75, 3.05) is 20.1 Å². The van der Waals surface area contributed by atoms with Crippen molar-refractivity contribution in [2.24, 2.45) is 11.7 Å². The van der Waals surface area contributed by atoms with E-state index in [0.717, 1.165) is 5.92 Å². The SMILES string of the molecule is Cc1sc(C(CN)N(C)CC2CCCC2)cc1Br. The average molecular weight is 331 g/mol. The van der Waals surface area contributed by atoms with Gasteiger partial charge in [-0.15, -0.1) is 11.3 Å². The highest BCUT2D eigenvalue weighted by Gasteiger charge is 2.23. The molecule has 0 aromatic carbocycles. The summed E-state index contributed by atoms with van der Waals surface area (Å²) in [5, 5.41) is 0. The Bertz CT molecular complexity index is 366. The first-order valence-corrected chi connectivity index (χ1v) is 8.39. The number of nitrogens with zero attached hydrogens (tertiary/aromatic N) is 1. The maximum Gasteiger partial charge on any atom is 0.0562 e. The van der Waals surface area contributed by atoms with Crippen LogP contribution in [0, 0.1) is 12.8 Å². The van der Waals surface area contributed by atoms with Crippen LogP contribution in [0.25, 0.3) is 0 Å². The van der Waals surface area contributed by atoms with Crippen molar-refractivity contribution in [2.45, 2.75) is 38.6 Å². The van der Waals surface area contributed by atoms with E-state index >= 15 is 0 Å². The molecular weight excluding hydrogens is 308 g/mol. The minimum absolute atomic E-state index is 0.376. The molecule has 1 aromatic heterocycles.